The second-order valence-corrected chi connectivity index (χ2v) is 12.0. The fourth-order valence-electron chi connectivity index (χ4n) is 5.02. The van der Waals surface area contributed by atoms with E-state index in [1.165, 1.54) is 6.07 Å². The van der Waals surface area contributed by atoms with Crippen molar-refractivity contribution in [1.82, 2.24) is 28.5 Å². The molecule has 0 fully saturated rings. The summed E-state index contributed by atoms with van der Waals surface area (Å²) >= 11 is 5.61. The van der Waals surface area contributed by atoms with E-state index in [1.54, 1.807) is 89.4 Å². The number of aryl methyl sites for hydroxylation is 4. The van der Waals surface area contributed by atoms with Gasteiger partial charge in [0.1, 0.15) is 22.8 Å². The summed E-state index contributed by atoms with van der Waals surface area (Å²) in [6.45, 7) is 1.39. The monoisotopic (exact) mass is 716 g/mol. The molecule has 5 amide bonds. The first kappa shape index (κ1) is 38.5. The predicted octanol–water partition coefficient (Wildman–Crippen LogP) is 3.47. The van der Waals surface area contributed by atoms with Crippen LogP contribution in [0.15, 0.2) is 49.1 Å². The van der Waals surface area contributed by atoms with E-state index in [-0.39, 0.29) is 47.9 Å². The molecule has 0 saturated carbocycles. The van der Waals surface area contributed by atoms with E-state index >= 15 is 0 Å². The van der Waals surface area contributed by atoms with E-state index in [4.69, 9.17) is 11.6 Å². The molecule has 49 heavy (non-hydrogen) atoms. The Hall–Kier alpha value is -4.99. The first-order chi connectivity index (χ1) is 22.7. The van der Waals surface area contributed by atoms with E-state index in [0.29, 0.717) is 40.7 Å². The fraction of sp³-hybridized carbons (Fsp3) is 0.344. The number of anilines is 4. The fourth-order valence-corrected chi connectivity index (χ4v) is 5.19. The van der Waals surface area contributed by atoms with Crippen molar-refractivity contribution in [3.05, 3.63) is 71.8 Å². The lowest BCUT2D eigenvalue weighted by atomic mass is 10.3. The molecule has 4 rings (SSSR count). The minimum Gasteiger partial charge on any atom is -0.351 e. The van der Waals surface area contributed by atoms with Crippen LogP contribution in [0.3, 0.4) is 0 Å². The second-order valence-electron chi connectivity index (χ2n) is 11.7. The van der Waals surface area contributed by atoms with Gasteiger partial charge in [0.25, 0.3) is 23.6 Å². The number of rotatable bonds is 14. The third-order valence-corrected chi connectivity index (χ3v) is 7.59. The topological polar surface area (TPSA) is 168 Å². The predicted molar refractivity (Wildman–Crippen MR) is 192 cm³/mol. The quantitative estimate of drug-likeness (QED) is 0.0989. The van der Waals surface area contributed by atoms with E-state index < -0.39 is 17.7 Å². The van der Waals surface area contributed by atoms with Gasteiger partial charge in [-0.1, -0.05) is 0 Å². The van der Waals surface area contributed by atoms with Gasteiger partial charge >= 0.3 is 0 Å². The largest absolute Gasteiger partial charge is 0.351 e. The summed E-state index contributed by atoms with van der Waals surface area (Å²) < 4.78 is 6.36. The zero-order valence-electron chi connectivity index (χ0n) is 28.2. The van der Waals surface area contributed by atoms with Gasteiger partial charge in [0.2, 0.25) is 5.91 Å². The van der Waals surface area contributed by atoms with Gasteiger partial charge < -0.3 is 49.8 Å². The molecule has 0 unspecified atom stereocenters. The number of amides is 5. The van der Waals surface area contributed by atoms with Crippen molar-refractivity contribution in [1.29, 1.82) is 0 Å². The van der Waals surface area contributed by atoms with E-state index in [0.717, 1.165) is 13.0 Å². The normalized spacial score (nSPS) is 10.8. The van der Waals surface area contributed by atoms with Crippen molar-refractivity contribution < 1.29 is 24.0 Å². The Balaban J connectivity index is 0.00000650. The van der Waals surface area contributed by atoms with Crippen LogP contribution in [0, 0.1) is 0 Å². The van der Waals surface area contributed by atoms with Crippen molar-refractivity contribution in [2.24, 2.45) is 28.2 Å². The molecule has 0 aliphatic carbocycles. The lowest BCUT2D eigenvalue weighted by molar-refractivity contribution is -0.115. The Kier molecular flexibility index (Phi) is 13.3. The Morgan fingerprint density at radius 1 is 0.612 bits per heavy atom. The number of alkyl halides is 1. The Labute approximate surface area is 295 Å². The molecule has 264 valence electrons. The summed E-state index contributed by atoms with van der Waals surface area (Å²) in [4.78, 5) is 65.8. The Morgan fingerprint density at radius 3 is 1.31 bits per heavy atom. The number of halogens is 2. The van der Waals surface area contributed by atoms with Gasteiger partial charge in [-0.25, -0.2) is 0 Å². The highest BCUT2D eigenvalue weighted by molar-refractivity contribution is 6.19. The van der Waals surface area contributed by atoms with Gasteiger partial charge in [0.15, 0.2) is 0 Å². The molecule has 17 heteroatoms. The van der Waals surface area contributed by atoms with Crippen LogP contribution in [0.1, 0.15) is 54.8 Å². The molecule has 0 saturated heterocycles. The minimum absolute atomic E-state index is 0. The standard InChI is InChI=1S/C32H41ClN10O5.ClH/c1-39(2)11-7-10-34-29(45)24-13-21(17-40(24)3)36-31(47)26-15-23(19-42(26)5)38-32(48)27-14-22(18-43(27)6)37-30(46)25-12-20(16-41(25)4)35-28(44)8-9-33;/h12-19H,7-11H2,1-6H3,(H,34,45)(H,35,44)(H,36,47)(H,37,46)(H,38,48);1H. The zero-order chi connectivity index (χ0) is 35.1. The summed E-state index contributed by atoms with van der Waals surface area (Å²) in [5, 5.41) is 14.0. The first-order valence-corrected chi connectivity index (χ1v) is 15.7. The van der Waals surface area contributed by atoms with Crippen LogP contribution in [-0.2, 0) is 33.0 Å². The maximum atomic E-state index is 13.2. The molecule has 0 bridgehead atoms. The summed E-state index contributed by atoms with van der Waals surface area (Å²) in [6.07, 6.45) is 7.44. The van der Waals surface area contributed by atoms with Crippen molar-refractivity contribution in [3.8, 4) is 0 Å². The minimum atomic E-state index is -0.456. The smallest absolute Gasteiger partial charge is 0.272 e. The summed E-state index contributed by atoms with van der Waals surface area (Å²) in [7, 11) is 10.7. The van der Waals surface area contributed by atoms with Crippen molar-refractivity contribution in [2.75, 3.05) is 54.3 Å². The van der Waals surface area contributed by atoms with Gasteiger partial charge in [-0.2, -0.15) is 0 Å². The summed E-state index contributed by atoms with van der Waals surface area (Å²) in [5.41, 5.74) is 2.94. The number of nitrogens with one attached hydrogen (secondary N) is 5. The van der Waals surface area contributed by atoms with Crippen molar-refractivity contribution in [2.45, 2.75) is 12.8 Å². The highest BCUT2D eigenvalue weighted by Gasteiger charge is 2.20. The number of aromatic nitrogens is 4. The molecule has 4 aromatic rings. The van der Waals surface area contributed by atoms with E-state index in [2.05, 4.69) is 26.6 Å². The molecule has 5 N–H and O–H groups in total. The third-order valence-electron chi connectivity index (χ3n) is 7.40. The van der Waals surface area contributed by atoms with Crippen molar-refractivity contribution >= 4 is 76.3 Å². The van der Waals surface area contributed by atoms with Crippen molar-refractivity contribution in [3.63, 3.8) is 0 Å². The van der Waals surface area contributed by atoms with Gasteiger partial charge in [0, 0.05) is 71.8 Å². The SMILES string of the molecule is CN(C)CCCNC(=O)c1cc(NC(=O)c2cc(NC(=O)c3cc(NC(=O)c4cc(NC(=O)CCCl)cn4C)cn3C)cn2C)cn1C.Cl. The lowest BCUT2D eigenvalue weighted by Crippen LogP contribution is -2.28. The molecule has 0 spiro atoms. The van der Waals surface area contributed by atoms with Gasteiger partial charge in [-0.05, 0) is 51.3 Å². The molecule has 0 aliphatic rings. The van der Waals surface area contributed by atoms with Crippen LogP contribution in [0.5, 0.6) is 0 Å². The molecule has 4 heterocycles. The maximum absolute atomic E-state index is 13.2. The number of nitrogens with zero attached hydrogens (tertiary/aromatic N) is 5. The lowest BCUT2D eigenvalue weighted by Gasteiger charge is -2.10. The number of carbonyl (C=O) groups excluding carboxylic acids is 5. The van der Waals surface area contributed by atoms with E-state index in [9.17, 15) is 24.0 Å². The van der Waals surface area contributed by atoms with Gasteiger partial charge in [-0.3, -0.25) is 24.0 Å². The highest BCUT2D eigenvalue weighted by Crippen LogP contribution is 2.21. The molecule has 0 atom stereocenters. The average molecular weight is 718 g/mol. The molecular weight excluding hydrogens is 675 g/mol. The van der Waals surface area contributed by atoms with Crippen LogP contribution < -0.4 is 26.6 Å². The van der Waals surface area contributed by atoms with E-state index in [1.807, 2.05) is 19.0 Å². The molecule has 0 radical (unpaired) electrons. The van der Waals surface area contributed by atoms with Gasteiger partial charge in [0.05, 0.1) is 22.7 Å². The van der Waals surface area contributed by atoms with Crippen LogP contribution >= 0.6 is 24.0 Å². The summed E-state index contributed by atoms with van der Waals surface area (Å²) in [6, 6.07) is 6.22. The third kappa shape index (κ3) is 10.0. The average Bonchev–Trinajstić information content (AvgIpc) is 3.76. The molecule has 0 aromatic carbocycles. The number of carbonyl (C=O) groups is 5. The first-order valence-electron chi connectivity index (χ1n) is 15.1. The van der Waals surface area contributed by atoms with Crippen LogP contribution in [0.25, 0.3) is 0 Å². The Bertz CT molecular complexity index is 1830. The Morgan fingerprint density at radius 2 is 0.959 bits per heavy atom. The van der Waals surface area contributed by atoms with Gasteiger partial charge in [-0.15, -0.1) is 24.0 Å². The van der Waals surface area contributed by atoms with Crippen LogP contribution in [0.4, 0.5) is 22.7 Å². The number of hydrogen-bond acceptors (Lipinski definition) is 6. The highest BCUT2D eigenvalue weighted by atomic mass is 35.5. The number of hydrogen-bond donors (Lipinski definition) is 5. The summed E-state index contributed by atoms with van der Waals surface area (Å²) in [5.74, 6) is -1.62. The maximum Gasteiger partial charge on any atom is 0.272 e. The zero-order valence-corrected chi connectivity index (χ0v) is 29.8. The molecule has 0 aliphatic heterocycles. The molecular formula is C32H42Cl2N10O5. The molecule has 15 nitrogen and oxygen atoms in total. The van der Waals surface area contributed by atoms with Crippen LogP contribution in [0.2, 0.25) is 0 Å². The molecule has 4 aromatic heterocycles. The second kappa shape index (κ2) is 16.9. The van der Waals surface area contributed by atoms with Crippen LogP contribution in [-0.4, -0.2) is 85.8 Å².